The summed E-state index contributed by atoms with van der Waals surface area (Å²) in [6.07, 6.45) is 0. The van der Waals surface area contributed by atoms with Gasteiger partial charge >= 0.3 is 11.9 Å². The summed E-state index contributed by atoms with van der Waals surface area (Å²) in [4.78, 5) is 20.6. The molecule has 1 amide bonds. The number of hydrazine groups is 1. The Morgan fingerprint density at radius 1 is 1.64 bits per heavy atom. The number of carbonyl (C=O) groups excluding carboxylic acids is 1. The number of amides is 1. The number of nitrogens with one attached hydrogen (secondary N) is 1. The van der Waals surface area contributed by atoms with Gasteiger partial charge < -0.3 is 5.11 Å². The van der Waals surface area contributed by atoms with Crippen LogP contribution in [0.1, 0.15) is 0 Å². The van der Waals surface area contributed by atoms with Crippen molar-refractivity contribution in [1.82, 2.24) is 10.4 Å². The number of carboxylic acid groups (broad SMARTS) is 1. The summed E-state index contributed by atoms with van der Waals surface area (Å²) < 4.78 is 11.6. The van der Waals surface area contributed by atoms with Crippen molar-refractivity contribution in [2.45, 2.75) is 0 Å². The first-order chi connectivity index (χ1) is 5.13. The maximum atomic E-state index is 11.6. The Kier molecular flexibility index (Phi) is 4.12. The largest absolute Gasteiger partial charge is 0.474 e. The van der Waals surface area contributed by atoms with Crippen LogP contribution in [0.3, 0.4) is 0 Å². The number of halogens is 1. The lowest BCUT2D eigenvalue weighted by Gasteiger charge is -2.16. The van der Waals surface area contributed by atoms with Gasteiger partial charge in [0.15, 0.2) is 0 Å². The molecule has 0 bridgehead atoms. The van der Waals surface area contributed by atoms with Crippen LogP contribution in [-0.2, 0) is 9.59 Å². The van der Waals surface area contributed by atoms with E-state index in [0.29, 0.717) is 5.01 Å². The second-order valence-electron chi connectivity index (χ2n) is 1.67. The Morgan fingerprint density at radius 3 is 2.45 bits per heavy atom. The first-order valence-electron chi connectivity index (χ1n) is 2.91. The minimum atomic E-state index is -1.60. The summed E-state index contributed by atoms with van der Waals surface area (Å²) in [7, 11) is 1.34. The summed E-state index contributed by atoms with van der Waals surface area (Å²) in [5, 5.41) is 8.84. The van der Waals surface area contributed by atoms with Gasteiger partial charge in [0.2, 0.25) is 0 Å². The van der Waals surface area contributed by atoms with Crippen LogP contribution >= 0.6 is 0 Å². The molecule has 0 aliphatic rings. The molecule has 11 heavy (non-hydrogen) atoms. The lowest BCUT2D eigenvalue weighted by Crippen LogP contribution is -2.45. The zero-order valence-corrected chi connectivity index (χ0v) is 6.00. The highest BCUT2D eigenvalue weighted by Gasteiger charge is 2.18. The monoisotopic (exact) mass is 164 g/mol. The quantitative estimate of drug-likeness (QED) is 0.415. The molecule has 0 aliphatic heterocycles. The fourth-order valence-electron chi connectivity index (χ4n) is 0.515. The summed E-state index contributed by atoms with van der Waals surface area (Å²) in [6, 6.07) is 0. The molecule has 0 aromatic carbocycles. The van der Waals surface area contributed by atoms with Crippen LogP contribution in [0.15, 0.2) is 0 Å². The maximum absolute atomic E-state index is 11.6. The predicted molar refractivity (Wildman–Crippen MR) is 34.4 cm³/mol. The Labute approximate surface area is 62.8 Å². The molecule has 0 aromatic rings. The molecule has 0 aromatic heterocycles. The van der Waals surface area contributed by atoms with Crippen molar-refractivity contribution < 1.29 is 19.1 Å². The second-order valence-corrected chi connectivity index (χ2v) is 1.67. The van der Waals surface area contributed by atoms with E-state index in [1.807, 2.05) is 0 Å². The van der Waals surface area contributed by atoms with Crippen molar-refractivity contribution in [3.05, 3.63) is 0 Å². The lowest BCUT2D eigenvalue weighted by atomic mass is 10.5. The minimum Gasteiger partial charge on any atom is -0.474 e. The first-order valence-corrected chi connectivity index (χ1v) is 2.91. The smallest absolute Gasteiger partial charge is 0.395 e. The second kappa shape index (κ2) is 4.62. The van der Waals surface area contributed by atoms with Crippen LogP contribution in [0.25, 0.3) is 0 Å². The fourth-order valence-corrected chi connectivity index (χ4v) is 0.515. The highest BCUT2D eigenvalue weighted by atomic mass is 19.1. The molecule has 0 atom stereocenters. The molecule has 0 saturated carbocycles. The van der Waals surface area contributed by atoms with Crippen LogP contribution < -0.4 is 5.43 Å². The van der Waals surface area contributed by atoms with E-state index in [9.17, 15) is 14.0 Å². The van der Waals surface area contributed by atoms with E-state index in [1.54, 1.807) is 0 Å². The highest BCUT2D eigenvalue weighted by Crippen LogP contribution is 1.84. The fraction of sp³-hybridized carbons (Fsp3) is 0.600. The van der Waals surface area contributed by atoms with Gasteiger partial charge in [-0.1, -0.05) is 0 Å². The lowest BCUT2D eigenvalue weighted by molar-refractivity contribution is -0.157. The average molecular weight is 164 g/mol. The number of hydrogen-bond donors (Lipinski definition) is 2. The van der Waals surface area contributed by atoms with E-state index < -0.39 is 18.6 Å². The molecule has 0 heterocycles. The van der Waals surface area contributed by atoms with E-state index in [2.05, 4.69) is 5.43 Å². The number of hydrogen-bond acceptors (Lipinski definition) is 3. The zero-order valence-electron chi connectivity index (χ0n) is 6.00. The van der Waals surface area contributed by atoms with Crippen molar-refractivity contribution in [1.29, 1.82) is 0 Å². The van der Waals surface area contributed by atoms with E-state index in [4.69, 9.17) is 5.11 Å². The van der Waals surface area contributed by atoms with Crippen LogP contribution in [-0.4, -0.2) is 42.3 Å². The molecule has 64 valence electrons. The van der Waals surface area contributed by atoms with E-state index >= 15 is 0 Å². The average Bonchev–Trinajstić information content (AvgIpc) is 1.98. The first kappa shape index (κ1) is 9.83. The van der Waals surface area contributed by atoms with Gasteiger partial charge in [0.1, 0.15) is 6.67 Å². The molecule has 0 rings (SSSR count). The molecule has 2 N–H and O–H groups in total. The van der Waals surface area contributed by atoms with Crippen molar-refractivity contribution >= 4 is 11.9 Å². The number of nitrogens with zero attached hydrogens (tertiary/aromatic N) is 1. The number of carbonyl (C=O) groups is 2. The van der Waals surface area contributed by atoms with Gasteiger partial charge in [0.25, 0.3) is 0 Å². The van der Waals surface area contributed by atoms with Crippen LogP contribution in [0.5, 0.6) is 0 Å². The van der Waals surface area contributed by atoms with E-state index in [0.717, 1.165) is 0 Å². The zero-order chi connectivity index (χ0) is 8.85. The third-order valence-electron chi connectivity index (χ3n) is 1.01. The highest BCUT2D eigenvalue weighted by molar-refractivity contribution is 6.31. The van der Waals surface area contributed by atoms with Gasteiger partial charge in [-0.15, -0.1) is 0 Å². The van der Waals surface area contributed by atoms with Crippen molar-refractivity contribution in [3.8, 4) is 0 Å². The third kappa shape index (κ3) is 2.94. The van der Waals surface area contributed by atoms with E-state index in [-0.39, 0.29) is 6.54 Å². The number of aliphatic carboxylic acids is 1. The molecule has 0 spiro atoms. The van der Waals surface area contributed by atoms with Gasteiger partial charge in [-0.3, -0.25) is 9.80 Å². The summed E-state index contributed by atoms with van der Waals surface area (Å²) in [5.74, 6) is -2.77. The van der Waals surface area contributed by atoms with Crippen molar-refractivity contribution in [2.75, 3.05) is 20.3 Å². The Hall–Kier alpha value is -1.17. The third-order valence-corrected chi connectivity index (χ3v) is 1.01. The van der Waals surface area contributed by atoms with Crippen LogP contribution in [0.2, 0.25) is 0 Å². The van der Waals surface area contributed by atoms with Gasteiger partial charge in [-0.05, 0) is 0 Å². The molecule has 0 radical (unpaired) electrons. The van der Waals surface area contributed by atoms with Gasteiger partial charge in [-0.25, -0.2) is 14.6 Å². The standard InChI is InChI=1S/C5H9FN2O3/c1-7-8(3-2-6)4(9)5(10)11/h7H,2-3H2,1H3,(H,10,11). The SMILES string of the molecule is CNN(CCF)C(=O)C(=O)O. The summed E-state index contributed by atoms with van der Waals surface area (Å²) >= 11 is 0. The van der Waals surface area contributed by atoms with Crippen molar-refractivity contribution in [2.24, 2.45) is 0 Å². The summed E-state index contributed by atoms with van der Waals surface area (Å²) in [5.41, 5.74) is 2.25. The molecule has 5 nitrogen and oxygen atoms in total. The molecule has 0 fully saturated rings. The van der Waals surface area contributed by atoms with E-state index in [1.165, 1.54) is 7.05 Å². The predicted octanol–water partition coefficient (Wildman–Crippen LogP) is -0.996. The normalized spacial score (nSPS) is 9.27. The van der Waals surface area contributed by atoms with Gasteiger partial charge in [-0.2, -0.15) is 0 Å². The maximum Gasteiger partial charge on any atom is 0.395 e. The Morgan fingerprint density at radius 2 is 2.18 bits per heavy atom. The number of rotatable bonds is 3. The summed E-state index contributed by atoms with van der Waals surface area (Å²) in [6.45, 7) is -1.04. The van der Waals surface area contributed by atoms with Crippen LogP contribution in [0, 0.1) is 0 Å². The van der Waals surface area contributed by atoms with Crippen molar-refractivity contribution in [3.63, 3.8) is 0 Å². The Balaban J connectivity index is 4.02. The molecule has 0 unspecified atom stereocenters. The molecule has 0 aliphatic carbocycles. The molecular weight excluding hydrogens is 155 g/mol. The van der Waals surface area contributed by atoms with Crippen LogP contribution in [0.4, 0.5) is 4.39 Å². The Bertz CT molecular complexity index is 162. The topological polar surface area (TPSA) is 69.6 Å². The molecule has 0 saturated heterocycles. The molecular formula is C5H9FN2O3. The van der Waals surface area contributed by atoms with Gasteiger partial charge in [0.05, 0.1) is 6.54 Å². The number of carboxylic acids is 1. The van der Waals surface area contributed by atoms with Gasteiger partial charge in [0, 0.05) is 7.05 Å². The number of alkyl halides is 1. The molecule has 6 heteroatoms. The minimum absolute atomic E-state index is 0.262.